The zero-order chi connectivity index (χ0) is 21.1. The quantitative estimate of drug-likeness (QED) is 0.433. The molecule has 0 atom stereocenters. The van der Waals surface area contributed by atoms with E-state index in [2.05, 4.69) is 5.32 Å². The number of carbonyl (C=O) groups excluding carboxylic acids is 2. The van der Waals surface area contributed by atoms with Gasteiger partial charge in [0.1, 0.15) is 5.82 Å². The fourth-order valence-electron chi connectivity index (χ4n) is 2.25. The molecule has 0 aromatic heterocycles. The summed E-state index contributed by atoms with van der Waals surface area (Å²) in [6, 6.07) is 7.49. The van der Waals surface area contributed by atoms with Gasteiger partial charge in [0.15, 0.2) is 5.78 Å². The highest BCUT2D eigenvalue weighted by Crippen LogP contribution is 2.26. The Bertz CT molecular complexity index is 949. The number of benzene rings is 2. The smallest absolute Gasteiger partial charge is 0.225 e. The highest BCUT2D eigenvalue weighted by molar-refractivity contribution is 6.42. The molecule has 3 nitrogen and oxygen atoms in total. The summed E-state index contributed by atoms with van der Waals surface area (Å²) >= 11 is 17.8. The number of allylic oxidation sites excluding steroid dienone is 1. The molecule has 0 aliphatic carbocycles. The Kier molecular flexibility index (Phi) is 7.27. The summed E-state index contributed by atoms with van der Waals surface area (Å²) in [5.41, 5.74) is 0.0646. The van der Waals surface area contributed by atoms with Gasteiger partial charge >= 0.3 is 0 Å². The van der Waals surface area contributed by atoms with Crippen molar-refractivity contribution < 1.29 is 14.0 Å². The number of carbonyl (C=O) groups is 2. The van der Waals surface area contributed by atoms with Crippen LogP contribution in [-0.4, -0.2) is 11.7 Å². The minimum absolute atomic E-state index is 0.0146. The van der Waals surface area contributed by atoms with Crippen molar-refractivity contribution >= 4 is 52.6 Å². The molecule has 0 saturated heterocycles. The molecule has 0 aliphatic rings. The van der Waals surface area contributed by atoms with Gasteiger partial charge in [0.2, 0.25) is 5.91 Å². The van der Waals surface area contributed by atoms with Crippen molar-refractivity contribution in [1.29, 1.82) is 0 Å². The van der Waals surface area contributed by atoms with Gasteiger partial charge in [-0.25, -0.2) is 4.39 Å². The van der Waals surface area contributed by atoms with Crippen LogP contribution in [0.15, 0.2) is 36.4 Å². The Labute approximate surface area is 178 Å². The molecule has 7 heteroatoms. The summed E-state index contributed by atoms with van der Waals surface area (Å²) in [5, 5.41) is 3.43. The minimum Gasteiger partial charge on any atom is -0.351 e. The number of halogens is 4. The van der Waals surface area contributed by atoms with Gasteiger partial charge < -0.3 is 5.32 Å². The van der Waals surface area contributed by atoms with Gasteiger partial charge in [-0.05, 0) is 36.4 Å². The predicted octanol–water partition coefficient (Wildman–Crippen LogP) is 6.34. The van der Waals surface area contributed by atoms with Gasteiger partial charge in [0.05, 0.1) is 15.1 Å². The Hall–Kier alpha value is -1.88. The molecule has 1 amide bonds. The SMILES string of the molecule is CC(C)(C)C(=O)NCc1ccc(Cl)c(/C=C/C(=O)c2ccc(Cl)c(Cl)c2)c1F. The van der Waals surface area contributed by atoms with E-state index < -0.39 is 11.2 Å². The Morgan fingerprint density at radius 2 is 1.68 bits per heavy atom. The average molecular weight is 443 g/mol. The van der Waals surface area contributed by atoms with Gasteiger partial charge in [0.25, 0.3) is 0 Å². The molecule has 0 saturated carbocycles. The van der Waals surface area contributed by atoms with E-state index in [1.54, 1.807) is 20.8 Å². The first-order valence-corrected chi connectivity index (χ1v) is 9.56. The fraction of sp³-hybridized carbons (Fsp3) is 0.238. The Morgan fingerprint density at radius 3 is 2.29 bits per heavy atom. The third-order valence-corrected chi connectivity index (χ3v) is 5.00. The molecular formula is C21H19Cl3FNO2. The van der Waals surface area contributed by atoms with Gasteiger partial charge in [-0.2, -0.15) is 0 Å². The van der Waals surface area contributed by atoms with E-state index in [9.17, 15) is 14.0 Å². The number of hydrogen-bond donors (Lipinski definition) is 1. The van der Waals surface area contributed by atoms with Gasteiger partial charge in [-0.3, -0.25) is 9.59 Å². The molecule has 0 bridgehead atoms. The summed E-state index contributed by atoms with van der Waals surface area (Å²) < 4.78 is 14.8. The maximum Gasteiger partial charge on any atom is 0.225 e. The van der Waals surface area contributed by atoms with Crippen LogP contribution >= 0.6 is 34.8 Å². The van der Waals surface area contributed by atoms with E-state index in [4.69, 9.17) is 34.8 Å². The molecule has 0 spiro atoms. The van der Waals surface area contributed by atoms with E-state index in [-0.39, 0.29) is 39.4 Å². The normalized spacial score (nSPS) is 11.7. The molecule has 0 fully saturated rings. The number of ketones is 1. The van der Waals surface area contributed by atoms with Crippen LogP contribution in [0.4, 0.5) is 4.39 Å². The second-order valence-electron chi connectivity index (χ2n) is 7.19. The molecule has 148 valence electrons. The summed E-state index contributed by atoms with van der Waals surface area (Å²) in [6.07, 6.45) is 2.51. The first-order chi connectivity index (χ1) is 13.0. The van der Waals surface area contributed by atoms with Crippen molar-refractivity contribution in [2.45, 2.75) is 27.3 Å². The number of nitrogens with one attached hydrogen (secondary N) is 1. The van der Waals surface area contributed by atoms with Crippen molar-refractivity contribution in [2.24, 2.45) is 5.41 Å². The summed E-state index contributed by atoms with van der Waals surface area (Å²) in [4.78, 5) is 24.3. The first-order valence-electron chi connectivity index (χ1n) is 8.43. The van der Waals surface area contributed by atoms with Crippen LogP contribution < -0.4 is 5.32 Å². The average Bonchev–Trinajstić information content (AvgIpc) is 2.61. The molecule has 2 rings (SSSR count). The zero-order valence-electron chi connectivity index (χ0n) is 15.6. The van der Waals surface area contributed by atoms with Crippen LogP contribution in [0.5, 0.6) is 0 Å². The van der Waals surface area contributed by atoms with Crippen LogP contribution in [0.25, 0.3) is 6.08 Å². The third kappa shape index (κ3) is 5.57. The minimum atomic E-state index is -0.597. The number of hydrogen-bond acceptors (Lipinski definition) is 2. The van der Waals surface area contributed by atoms with Gasteiger partial charge in [0, 0.05) is 28.7 Å². The maximum absolute atomic E-state index is 14.8. The van der Waals surface area contributed by atoms with Crippen molar-refractivity contribution in [3.05, 3.63) is 74.0 Å². The highest BCUT2D eigenvalue weighted by Gasteiger charge is 2.21. The van der Waals surface area contributed by atoms with Crippen LogP contribution in [-0.2, 0) is 11.3 Å². The van der Waals surface area contributed by atoms with E-state index in [0.29, 0.717) is 10.6 Å². The highest BCUT2D eigenvalue weighted by atomic mass is 35.5. The Morgan fingerprint density at radius 1 is 1.04 bits per heavy atom. The molecule has 2 aromatic rings. The second kappa shape index (κ2) is 9.08. The van der Waals surface area contributed by atoms with E-state index in [0.717, 1.165) is 0 Å². The van der Waals surface area contributed by atoms with Crippen LogP contribution in [0.3, 0.4) is 0 Å². The van der Waals surface area contributed by atoms with Gasteiger partial charge in [-0.15, -0.1) is 0 Å². The molecular weight excluding hydrogens is 424 g/mol. The lowest BCUT2D eigenvalue weighted by atomic mass is 9.95. The molecule has 28 heavy (non-hydrogen) atoms. The second-order valence-corrected chi connectivity index (χ2v) is 8.41. The summed E-state index contributed by atoms with van der Waals surface area (Å²) in [6.45, 7) is 5.32. The van der Waals surface area contributed by atoms with E-state index in [1.165, 1.54) is 42.5 Å². The molecule has 2 aromatic carbocycles. The third-order valence-electron chi connectivity index (χ3n) is 3.93. The maximum atomic E-state index is 14.8. The van der Waals surface area contributed by atoms with Gasteiger partial charge in [-0.1, -0.05) is 61.6 Å². The monoisotopic (exact) mass is 441 g/mol. The standard InChI is InChI=1S/C21H19Cl3FNO2/c1-21(2,3)20(28)26-11-13-5-7-15(22)14(19(13)25)6-9-18(27)12-4-8-16(23)17(24)10-12/h4-10H,11H2,1-3H3,(H,26,28)/b9-6+. The molecule has 0 radical (unpaired) electrons. The fourth-order valence-corrected chi connectivity index (χ4v) is 2.76. The first kappa shape index (κ1) is 22.4. The molecule has 0 unspecified atom stereocenters. The van der Waals surface area contributed by atoms with Crippen molar-refractivity contribution in [1.82, 2.24) is 5.32 Å². The molecule has 1 N–H and O–H groups in total. The van der Waals surface area contributed by atoms with Crippen molar-refractivity contribution in [3.63, 3.8) is 0 Å². The molecule has 0 heterocycles. The zero-order valence-corrected chi connectivity index (χ0v) is 17.8. The summed E-state index contributed by atoms with van der Waals surface area (Å²) in [5.74, 6) is -1.17. The largest absolute Gasteiger partial charge is 0.351 e. The Balaban J connectivity index is 2.23. The van der Waals surface area contributed by atoms with Crippen LogP contribution in [0.1, 0.15) is 42.3 Å². The predicted molar refractivity (Wildman–Crippen MR) is 113 cm³/mol. The van der Waals surface area contributed by atoms with Crippen molar-refractivity contribution in [3.8, 4) is 0 Å². The lowest BCUT2D eigenvalue weighted by molar-refractivity contribution is -0.128. The topological polar surface area (TPSA) is 46.2 Å². The number of amides is 1. The number of rotatable bonds is 5. The molecule has 0 aliphatic heterocycles. The van der Waals surface area contributed by atoms with Crippen molar-refractivity contribution in [2.75, 3.05) is 0 Å². The van der Waals surface area contributed by atoms with Crippen LogP contribution in [0, 0.1) is 11.2 Å². The summed E-state index contributed by atoms with van der Waals surface area (Å²) in [7, 11) is 0. The van der Waals surface area contributed by atoms with E-state index >= 15 is 0 Å². The van der Waals surface area contributed by atoms with Crippen LogP contribution in [0.2, 0.25) is 15.1 Å². The van der Waals surface area contributed by atoms with E-state index in [1.807, 2.05) is 0 Å². The lowest BCUT2D eigenvalue weighted by Gasteiger charge is -2.18. The lowest BCUT2D eigenvalue weighted by Crippen LogP contribution is -2.34.